The van der Waals surface area contributed by atoms with Gasteiger partial charge in [-0.1, -0.05) is 12.1 Å². The molecule has 3 N–H and O–H groups in total. The van der Waals surface area contributed by atoms with Crippen molar-refractivity contribution in [3.05, 3.63) is 29.8 Å². The number of anilines is 1. The summed E-state index contributed by atoms with van der Waals surface area (Å²) in [5, 5.41) is 9.52. The van der Waals surface area contributed by atoms with E-state index in [1.807, 2.05) is 24.3 Å². The van der Waals surface area contributed by atoms with Crippen LogP contribution in [-0.4, -0.2) is 50.9 Å². The average molecular weight is 360 g/mol. The molecule has 0 aliphatic carbocycles. The summed E-state index contributed by atoms with van der Waals surface area (Å²) in [6.45, 7) is 2.90. The molecule has 2 unspecified atom stereocenters. The highest BCUT2D eigenvalue weighted by Crippen LogP contribution is 2.16. The number of carbonyl (C=O) groups is 1. The predicted molar refractivity (Wildman–Crippen MR) is 101 cm³/mol. The van der Waals surface area contributed by atoms with Crippen LogP contribution in [0.2, 0.25) is 0 Å². The van der Waals surface area contributed by atoms with Gasteiger partial charge < -0.3 is 25.4 Å². The topological polar surface area (TPSA) is 84.0 Å². The van der Waals surface area contributed by atoms with Crippen LogP contribution in [0.25, 0.3) is 0 Å². The van der Waals surface area contributed by atoms with E-state index in [1.165, 1.54) is 0 Å². The lowest BCUT2D eigenvalue weighted by molar-refractivity contribution is -0.124. The van der Waals surface area contributed by atoms with Crippen molar-refractivity contribution in [3.8, 4) is 0 Å². The molecule has 1 amide bonds. The van der Waals surface area contributed by atoms with Gasteiger partial charge in [0.05, 0.1) is 6.10 Å². The van der Waals surface area contributed by atoms with Crippen molar-refractivity contribution in [2.45, 2.75) is 44.4 Å². The van der Waals surface area contributed by atoms with Crippen molar-refractivity contribution < 1.29 is 14.3 Å². The van der Waals surface area contributed by atoms with E-state index in [0.717, 1.165) is 56.0 Å². The second-order valence-electron chi connectivity index (χ2n) is 6.63. The Morgan fingerprint density at radius 1 is 1.19 bits per heavy atom. The number of rotatable bonds is 6. The van der Waals surface area contributed by atoms with E-state index in [1.54, 1.807) is 7.05 Å². The van der Waals surface area contributed by atoms with Crippen molar-refractivity contribution in [2.24, 2.45) is 4.99 Å². The van der Waals surface area contributed by atoms with E-state index in [-0.39, 0.29) is 18.1 Å². The fraction of sp³-hybridized carbons (Fsp3) is 0.579. The molecule has 7 nitrogen and oxygen atoms in total. The van der Waals surface area contributed by atoms with E-state index in [2.05, 4.69) is 20.9 Å². The number of amides is 1. The van der Waals surface area contributed by atoms with Gasteiger partial charge in [0, 0.05) is 39.0 Å². The van der Waals surface area contributed by atoms with Gasteiger partial charge in [0.15, 0.2) is 5.96 Å². The highest BCUT2D eigenvalue weighted by Gasteiger charge is 2.23. The fourth-order valence-corrected chi connectivity index (χ4v) is 3.19. The van der Waals surface area contributed by atoms with E-state index in [4.69, 9.17) is 9.47 Å². The molecule has 0 bridgehead atoms. The highest BCUT2D eigenvalue weighted by atomic mass is 16.5. The summed E-state index contributed by atoms with van der Waals surface area (Å²) in [7, 11) is 1.75. The van der Waals surface area contributed by atoms with Crippen molar-refractivity contribution >= 4 is 17.6 Å². The molecule has 0 aromatic heterocycles. The van der Waals surface area contributed by atoms with Gasteiger partial charge in [-0.3, -0.25) is 9.79 Å². The summed E-state index contributed by atoms with van der Waals surface area (Å²) < 4.78 is 11.0. The van der Waals surface area contributed by atoms with Crippen LogP contribution in [0.1, 0.15) is 31.2 Å². The third-order valence-corrected chi connectivity index (χ3v) is 4.62. The van der Waals surface area contributed by atoms with Gasteiger partial charge in [-0.15, -0.1) is 0 Å². The smallest absolute Gasteiger partial charge is 0.253 e. The summed E-state index contributed by atoms with van der Waals surface area (Å²) in [6.07, 6.45) is 3.90. The minimum atomic E-state index is -0.322. The summed E-state index contributed by atoms with van der Waals surface area (Å²) >= 11 is 0. The van der Waals surface area contributed by atoms with Crippen LogP contribution < -0.4 is 16.0 Å². The van der Waals surface area contributed by atoms with Gasteiger partial charge in [-0.05, 0) is 43.4 Å². The standard InChI is InChI=1S/C19H28N4O3/c1-20-19(22-13-16-7-3-9-25-16)21-12-14-5-2-6-15(11-14)23-18(24)17-8-4-10-26-17/h2,5-6,11,16-17H,3-4,7-10,12-13H2,1H3,(H,23,24)(H2,20,21,22). The maximum atomic E-state index is 12.2. The number of aliphatic imine (C=N–C) groups is 1. The Hall–Kier alpha value is -2.12. The zero-order valence-corrected chi connectivity index (χ0v) is 15.3. The summed E-state index contributed by atoms with van der Waals surface area (Å²) in [4.78, 5) is 16.4. The first-order valence-corrected chi connectivity index (χ1v) is 9.32. The molecule has 2 atom stereocenters. The third kappa shape index (κ3) is 5.44. The van der Waals surface area contributed by atoms with E-state index in [9.17, 15) is 4.79 Å². The molecular weight excluding hydrogens is 332 g/mol. The number of benzene rings is 1. The van der Waals surface area contributed by atoms with Crippen LogP contribution in [0, 0.1) is 0 Å². The Balaban J connectivity index is 1.47. The quantitative estimate of drug-likeness (QED) is 0.531. The number of nitrogens with zero attached hydrogens (tertiary/aromatic N) is 1. The first-order chi connectivity index (χ1) is 12.7. The predicted octanol–water partition coefficient (Wildman–Crippen LogP) is 1.65. The molecule has 2 fully saturated rings. The third-order valence-electron chi connectivity index (χ3n) is 4.62. The first kappa shape index (κ1) is 18.7. The monoisotopic (exact) mass is 360 g/mol. The molecule has 3 rings (SSSR count). The van der Waals surface area contributed by atoms with Gasteiger partial charge in [-0.2, -0.15) is 0 Å². The molecule has 26 heavy (non-hydrogen) atoms. The number of hydrogen-bond donors (Lipinski definition) is 3. The van der Waals surface area contributed by atoms with Gasteiger partial charge in [0.1, 0.15) is 6.10 Å². The van der Waals surface area contributed by atoms with Crippen LogP contribution in [0.3, 0.4) is 0 Å². The van der Waals surface area contributed by atoms with Crippen molar-refractivity contribution in [1.82, 2.24) is 10.6 Å². The molecule has 1 aromatic carbocycles. The Morgan fingerprint density at radius 3 is 2.77 bits per heavy atom. The largest absolute Gasteiger partial charge is 0.376 e. The van der Waals surface area contributed by atoms with Crippen LogP contribution in [0.15, 0.2) is 29.3 Å². The Morgan fingerprint density at radius 2 is 2.04 bits per heavy atom. The zero-order valence-electron chi connectivity index (χ0n) is 15.3. The summed E-state index contributed by atoms with van der Waals surface area (Å²) in [5.74, 6) is 0.677. The van der Waals surface area contributed by atoms with E-state index in [0.29, 0.717) is 13.2 Å². The molecule has 0 saturated carbocycles. The van der Waals surface area contributed by atoms with Crippen LogP contribution >= 0.6 is 0 Å². The highest BCUT2D eigenvalue weighted by molar-refractivity contribution is 5.94. The number of nitrogens with one attached hydrogen (secondary N) is 3. The molecule has 0 spiro atoms. The second kappa shape index (κ2) is 9.54. The first-order valence-electron chi connectivity index (χ1n) is 9.32. The van der Waals surface area contributed by atoms with Gasteiger partial charge >= 0.3 is 0 Å². The lowest BCUT2D eigenvalue weighted by Gasteiger charge is -2.15. The maximum Gasteiger partial charge on any atom is 0.253 e. The molecule has 2 heterocycles. The van der Waals surface area contributed by atoms with Gasteiger partial charge in [0.2, 0.25) is 0 Å². The van der Waals surface area contributed by atoms with Crippen LogP contribution in [0.4, 0.5) is 5.69 Å². The maximum absolute atomic E-state index is 12.2. The number of carbonyl (C=O) groups excluding carboxylic acids is 1. The minimum absolute atomic E-state index is 0.0679. The molecular formula is C19H28N4O3. The molecule has 7 heteroatoms. The lowest BCUT2D eigenvalue weighted by atomic mass is 10.2. The van der Waals surface area contributed by atoms with Gasteiger partial charge in [0.25, 0.3) is 5.91 Å². The van der Waals surface area contributed by atoms with Crippen molar-refractivity contribution in [2.75, 3.05) is 32.1 Å². The normalized spacial score (nSPS) is 23.0. The minimum Gasteiger partial charge on any atom is -0.376 e. The SMILES string of the molecule is CN=C(NCc1cccc(NC(=O)C2CCCO2)c1)NCC1CCCO1. The number of ether oxygens (including phenoxy) is 2. The number of hydrogen-bond acceptors (Lipinski definition) is 4. The van der Waals surface area contributed by atoms with Gasteiger partial charge in [-0.25, -0.2) is 0 Å². The molecule has 1 aromatic rings. The van der Waals surface area contributed by atoms with Crippen molar-refractivity contribution in [1.29, 1.82) is 0 Å². The summed E-state index contributed by atoms with van der Waals surface area (Å²) in [6, 6.07) is 7.81. The Kier molecular flexibility index (Phi) is 6.85. The lowest BCUT2D eigenvalue weighted by Crippen LogP contribution is -2.40. The second-order valence-corrected chi connectivity index (χ2v) is 6.63. The molecule has 2 saturated heterocycles. The van der Waals surface area contributed by atoms with Crippen LogP contribution in [-0.2, 0) is 20.8 Å². The van der Waals surface area contributed by atoms with E-state index >= 15 is 0 Å². The summed E-state index contributed by atoms with van der Waals surface area (Å²) in [5.41, 5.74) is 1.85. The molecule has 2 aliphatic heterocycles. The Bertz CT molecular complexity index is 623. The fourth-order valence-electron chi connectivity index (χ4n) is 3.19. The molecule has 0 radical (unpaired) electrons. The molecule has 2 aliphatic rings. The Labute approximate surface area is 154 Å². The average Bonchev–Trinajstić information content (AvgIpc) is 3.36. The number of guanidine groups is 1. The van der Waals surface area contributed by atoms with E-state index < -0.39 is 0 Å². The molecule has 142 valence electrons. The van der Waals surface area contributed by atoms with Crippen molar-refractivity contribution in [3.63, 3.8) is 0 Å². The van der Waals surface area contributed by atoms with Crippen LogP contribution in [0.5, 0.6) is 0 Å². The zero-order chi connectivity index (χ0) is 18.2.